The molecule has 5 heteroatoms. The van der Waals surface area contributed by atoms with E-state index in [2.05, 4.69) is 15.9 Å². The van der Waals surface area contributed by atoms with Gasteiger partial charge in [-0.1, -0.05) is 17.7 Å². The van der Waals surface area contributed by atoms with Crippen molar-refractivity contribution in [2.24, 2.45) is 5.73 Å². The first-order valence-corrected chi connectivity index (χ1v) is 6.94. The van der Waals surface area contributed by atoms with Crippen molar-refractivity contribution >= 4 is 38.9 Å². The second kappa shape index (κ2) is 5.06. The van der Waals surface area contributed by atoms with Gasteiger partial charge in [0, 0.05) is 24.8 Å². The summed E-state index contributed by atoms with van der Waals surface area (Å²) in [4.78, 5) is 2.00. The van der Waals surface area contributed by atoms with E-state index in [0.29, 0.717) is 10.6 Å². The standard InChI is InChI=1S/C12H10BrClFNS/c1-6-5-7(13)12(17-6)11(16)10-8(14)3-2-4-9(10)15/h2-5,11H,16H2,1H3. The summed E-state index contributed by atoms with van der Waals surface area (Å²) in [5.74, 6) is -0.372. The number of thiophene rings is 1. The Morgan fingerprint density at radius 3 is 2.71 bits per heavy atom. The molecule has 2 rings (SSSR count). The van der Waals surface area contributed by atoms with E-state index in [4.69, 9.17) is 17.3 Å². The fraction of sp³-hybridized carbons (Fsp3) is 0.167. The number of aryl methyl sites for hydroxylation is 1. The minimum absolute atomic E-state index is 0.344. The Labute approximate surface area is 117 Å². The van der Waals surface area contributed by atoms with Crippen LogP contribution in [0.2, 0.25) is 5.02 Å². The van der Waals surface area contributed by atoms with Gasteiger partial charge in [0.05, 0.1) is 6.04 Å². The van der Waals surface area contributed by atoms with E-state index in [0.717, 1.165) is 14.2 Å². The summed E-state index contributed by atoms with van der Waals surface area (Å²) >= 11 is 11.0. The van der Waals surface area contributed by atoms with Gasteiger partial charge in [0.15, 0.2) is 0 Å². The first-order chi connectivity index (χ1) is 8.00. The summed E-state index contributed by atoms with van der Waals surface area (Å²) in [6.45, 7) is 1.98. The number of benzene rings is 1. The highest BCUT2D eigenvalue weighted by Gasteiger charge is 2.20. The van der Waals surface area contributed by atoms with Gasteiger partial charge in [-0.3, -0.25) is 0 Å². The molecule has 2 N–H and O–H groups in total. The van der Waals surface area contributed by atoms with Crippen LogP contribution in [-0.4, -0.2) is 0 Å². The lowest BCUT2D eigenvalue weighted by molar-refractivity contribution is 0.601. The summed E-state index contributed by atoms with van der Waals surface area (Å²) in [6.07, 6.45) is 0. The zero-order valence-corrected chi connectivity index (χ0v) is 12.2. The van der Waals surface area contributed by atoms with Crippen molar-refractivity contribution in [3.05, 3.63) is 54.9 Å². The topological polar surface area (TPSA) is 26.0 Å². The maximum atomic E-state index is 13.7. The Hall–Kier alpha value is -0.420. The van der Waals surface area contributed by atoms with Crippen LogP contribution < -0.4 is 5.73 Å². The molecule has 0 saturated carbocycles. The Kier molecular flexibility index (Phi) is 3.88. The van der Waals surface area contributed by atoms with E-state index < -0.39 is 6.04 Å². The summed E-state index contributed by atoms with van der Waals surface area (Å²) in [5.41, 5.74) is 6.43. The summed E-state index contributed by atoms with van der Waals surface area (Å²) in [6, 6.07) is 6.01. The van der Waals surface area contributed by atoms with Crippen LogP contribution in [0.25, 0.3) is 0 Å². The molecule has 17 heavy (non-hydrogen) atoms. The Bertz CT molecular complexity index is 535. The van der Waals surface area contributed by atoms with Crippen molar-refractivity contribution in [1.82, 2.24) is 0 Å². The molecule has 0 aliphatic heterocycles. The second-order valence-electron chi connectivity index (χ2n) is 3.68. The van der Waals surface area contributed by atoms with Gasteiger partial charge in [-0.2, -0.15) is 0 Å². The average molecular weight is 335 g/mol. The molecule has 1 heterocycles. The van der Waals surface area contributed by atoms with Gasteiger partial charge in [0.1, 0.15) is 5.82 Å². The molecule has 0 amide bonds. The molecular formula is C12H10BrClFNS. The first kappa shape index (κ1) is 13.0. The van der Waals surface area contributed by atoms with Crippen LogP contribution in [0, 0.1) is 12.7 Å². The van der Waals surface area contributed by atoms with Crippen LogP contribution >= 0.6 is 38.9 Å². The molecule has 0 saturated heterocycles. The molecule has 0 aliphatic carbocycles. The van der Waals surface area contributed by atoms with Gasteiger partial charge in [0.25, 0.3) is 0 Å². The molecule has 1 aromatic carbocycles. The van der Waals surface area contributed by atoms with Crippen molar-refractivity contribution in [3.63, 3.8) is 0 Å². The van der Waals surface area contributed by atoms with Gasteiger partial charge >= 0.3 is 0 Å². The molecule has 2 aromatic rings. The summed E-state index contributed by atoms with van der Waals surface area (Å²) < 4.78 is 14.6. The lowest BCUT2D eigenvalue weighted by atomic mass is 10.1. The molecule has 1 nitrogen and oxygen atoms in total. The van der Waals surface area contributed by atoms with Crippen molar-refractivity contribution in [3.8, 4) is 0 Å². The SMILES string of the molecule is Cc1cc(Br)c(C(N)c2c(F)cccc2Cl)s1. The number of hydrogen-bond donors (Lipinski definition) is 1. The largest absolute Gasteiger partial charge is 0.319 e. The quantitative estimate of drug-likeness (QED) is 0.849. The van der Waals surface area contributed by atoms with E-state index in [-0.39, 0.29) is 5.82 Å². The van der Waals surface area contributed by atoms with Gasteiger partial charge < -0.3 is 5.73 Å². The second-order valence-corrected chi connectivity index (χ2v) is 6.23. The number of hydrogen-bond acceptors (Lipinski definition) is 2. The van der Waals surface area contributed by atoms with E-state index in [1.54, 1.807) is 12.1 Å². The Morgan fingerprint density at radius 2 is 2.18 bits per heavy atom. The molecule has 0 spiro atoms. The van der Waals surface area contributed by atoms with Crippen LogP contribution in [0.4, 0.5) is 4.39 Å². The van der Waals surface area contributed by atoms with E-state index in [1.165, 1.54) is 17.4 Å². The van der Waals surface area contributed by atoms with Crippen molar-refractivity contribution in [2.45, 2.75) is 13.0 Å². The number of halogens is 3. The van der Waals surface area contributed by atoms with Gasteiger partial charge in [-0.25, -0.2) is 4.39 Å². The normalized spacial score (nSPS) is 12.8. The average Bonchev–Trinajstić information content (AvgIpc) is 2.57. The minimum atomic E-state index is -0.545. The molecule has 0 radical (unpaired) electrons. The van der Waals surface area contributed by atoms with Crippen LogP contribution in [0.3, 0.4) is 0 Å². The molecule has 0 bridgehead atoms. The Morgan fingerprint density at radius 1 is 1.47 bits per heavy atom. The van der Waals surface area contributed by atoms with Crippen molar-refractivity contribution < 1.29 is 4.39 Å². The highest BCUT2D eigenvalue weighted by Crippen LogP contribution is 2.37. The van der Waals surface area contributed by atoms with Gasteiger partial charge in [-0.05, 0) is 41.1 Å². The van der Waals surface area contributed by atoms with Crippen LogP contribution in [0.5, 0.6) is 0 Å². The zero-order valence-electron chi connectivity index (χ0n) is 9.01. The predicted molar refractivity (Wildman–Crippen MR) is 74.2 cm³/mol. The highest BCUT2D eigenvalue weighted by molar-refractivity contribution is 9.10. The predicted octanol–water partition coefficient (Wildman–Crippen LogP) is 4.66. The zero-order chi connectivity index (χ0) is 12.6. The molecular weight excluding hydrogens is 325 g/mol. The van der Waals surface area contributed by atoms with Crippen LogP contribution in [0.15, 0.2) is 28.7 Å². The summed E-state index contributed by atoms with van der Waals surface area (Å²) in [5, 5.41) is 0.357. The lowest BCUT2D eigenvalue weighted by Crippen LogP contribution is -2.13. The molecule has 0 fully saturated rings. The third-order valence-corrected chi connectivity index (χ3v) is 4.81. The van der Waals surface area contributed by atoms with E-state index >= 15 is 0 Å². The molecule has 1 unspecified atom stereocenters. The van der Waals surface area contributed by atoms with Crippen molar-refractivity contribution in [2.75, 3.05) is 0 Å². The monoisotopic (exact) mass is 333 g/mol. The molecule has 90 valence electrons. The molecule has 1 aromatic heterocycles. The third-order valence-electron chi connectivity index (χ3n) is 2.43. The third kappa shape index (κ3) is 2.55. The maximum absolute atomic E-state index is 13.7. The van der Waals surface area contributed by atoms with E-state index in [1.807, 2.05) is 13.0 Å². The number of nitrogens with two attached hydrogens (primary N) is 1. The smallest absolute Gasteiger partial charge is 0.129 e. The molecule has 0 aliphatic rings. The van der Waals surface area contributed by atoms with Gasteiger partial charge in [0.2, 0.25) is 0 Å². The fourth-order valence-corrected chi connectivity index (χ4v) is 3.84. The maximum Gasteiger partial charge on any atom is 0.129 e. The lowest BCUT2D eigenvalue weighted by Gasteiger charge is -2.13. The van der Waals surface area contributed by atoms with E-state index in [9.17, 15) is 4.39 Å². The number of rotatable bonds is 2. The summed E-state index contributed by atoms with van der Waals surface area (Å²) in [7, 11) is 0. The minimum Gasteiger partial charge on any atom is -0.319 e. The van der Waals surface area contributed by atoms with Gasteiger partial charge in [-0.15, -0.1) is 11.3 Å². The van der Waals surface area contributed by atoms with Crippen molar-refractivity contribution in [1.29, 1.82) is 0 Å². The fourth-order valence-electron chi connectivity index (χ4n) is 1.65. The van der Waals surface area contributed by atoms with Crippen LogP contribution in [-0.2, 0) is 0 Å². The first-order valence-electron chi connectivity index (χ1n) is 4.96. The van der Waals surface area contributed by atoms with Crippen LogP contribution in [0.1, 0.15) is 21.4 Å². The highest BCUT2D eigenvalue weighted by atomic mass is 79.9. The molecule has 1 atom stereocenters. The Balaban J connectivity index is 2.51.